The average molecular weight is 569 g/mol. The summed E-state index contributed by atoms with van der Waals surface area (Å²) in [5.41, 5.74) is 9.43. The Morgan fingerprint density at radius 1 is 1.12 bits per heavy atom. The van der Waals surface area contributed by atoms with Crippen molar-refractivity contribution in [1.82, 2.24) is 19.4 Å². The highest BCUT2D eigenvalue weighted by molar-refractivity contribution is 5.96. The predicted molar refractivity (Wildman–Crippen MR) is 154 cm³/mol. The van der Waals surface area contributed by atoms with Gasteiger partial charge in [-0.3, -0.25) is 9.69 Å². The largest absolute Gasteiger partial charge is 0.473 e. The molecule has 0 saturated carbocycles. The average Bonchev–Trinajstić information content (AvgIpc) is 3.13. The summed E-state index contributed by atoms with van der Waals surface area (Å²) in [6, 6.07) is 17.5. The number of amides is 1. The molecule has 2 fully saturated rings. The third kappa shape index (κ3) is 6.12. The molecule has 10 heteroatoms. The van der Waals surface area contributed by atoms with Crippen molar-refractivity contribution in [2.75, 3.05) is 19.7 Å². The Bertz CT molecular complexity index is 1640. The number of nitrogens with two attached hydrogens (primary N) is 1. The van der Waals surface area contributed by atoms with E-state index in [1.165, 1.54) is 6.07 Å². The second kappa shape index (κ2) is 12.3. The Morgan fingerprint density at radius 3 is 2.76 bits per heavy atom. The lowest BCUT2D eigenvalue weighted by Crippen LogP contribution is -2.33. The van der Waals surface area contributed by atoms with Crippen LogP contribution in [0.25, 0.3) is 11.0 Å². The summed E-state index contributed by atoms with van der Waals surface area (Å²) in [7, 11) is 0. The number of carbonyl (C=O) groups is 1. The molecule has 0 spiro atoms. The molecule has 2 aromatic carbocycles. The number of aromatic nitrogens is 3. The number of imidazole rings is 1. The zero-order valence-electron chi connectivity index (χ0n) is 23.3. The van der Waals surface area contributed by atoms with Crippen LogP contribution in [0, 0.1) is 17.1 Å². The maximum atomic E-state index is 14.3. The molecule has 0 aliphatic carbocycles. The number of nitrogens with zero attached hydrogens (tertiary/aromatic N) is 5. The summed E-state index contributed by atoms with van der Waals surface area (Å²) in [5.74, 6) is 0.791. The zero-order valence-corrected chi connectivity index (χ0v) is 23.3. The number of likely N-dealkylation sites (tertiary alicyclic amines) is 1. The minimum Gasteiger partial charge on any atom is -0.473 e. The second-order valence-corrected chi connectivity index (χ2v) is 11.0. The molecule has 216 valence electrons. The molecule has 42 heavy (non-hydrogen) atoms. The molecule has 0 radical (unpaired) electrons. The van der Waals surface area contributed by atoms with Gasteiger partial charge in [0.1, 0.15) is 18.2 Å². The van der Waals surface area contributed by atoms with Crippen LogP contribution >= 0.6 is 0 Å². The van der Waals surface area contributed by atoms with Crippen LogP contribution in [-0.4, -0.2) is 51.1 Å². The molecule has 6 rings (SSSR count). The Morgan fingerprint density at radius 2 is 2.00 bits per heavy atom. The summed E-state index contributed by atoms with van der Waals surface area (Å²) in [6.07, 6.45) is 4.13. The van der Waals surface area contributed by atoms with Crippen LogP contribution in [0.2, 0.25) is 0 Å². The molecule has 2 saturated heterocycles. The molecule has 2 aliphatic rings. The van der Waals surface area contributed by atoms with Crippen molar-refractivity contribution in [2.45, 2.75) is 57.4 Å². The van der Waals surface area contributed by atoms with E-state index in [0.717, 1.165) is 67.9 Å². The van der Waals surface area contributed by atoms with Gasteiger partial charge < -0.3 is 19.8 Å². The smallest absolute Gasteiger partial charge is 0.248 e. The first kappa shape index (κ1) is 27.8. The number of carbonyl (C=O) groups excluding carboxylic acids is 1. The molecule has 2 atom stereocenters. The lowest BCUT2D eigenvalue weighted by molar-refractivity contribution is -0.0592. The maximum Gasteiger partial charge on any atom is 0.248 e. The molecule has 4 aromatic rings. The van der Waals surface area contributed by atoms with Crippen LogP contribution in [0.3, 0.4) is 0 Å². The summed E-state index contributed by atoms with van der Waals surface area (Å²) in [6.45, 7) is 4.06. The van der Waals surface area contributed by atoms with Gasteiger partial charge in [-0.15, -0.1) is 0 Å². The first-order valence-electron chi connectivity index (χ1n) is 14.4. The molecule has 0 bridgehead atoms. The standard InChI is InChI=1S/C32H33FN6O3/c33-26-15-21(17-34)6-7-24(26)20-42-31-5-1-4-27(37-31)22-3-2-12-38(13-10-22)19-30-36-28-9-8-23(32(35)40)16-29(28)39(30)18-25-11-14-41-25/h1,4-9,15-16,22,25H,2-3,10-14,18-20H2,(H2,35,40)/t22?,25-/m0/s1. The van der Waals surface area contributed by atoms with E-state index in [0.29, 0.717) is 30.1 Å². The van der Waals surface area contributed by atoms with Crippen molar-refractivity contribution < 1.29 is 18.7 Å². The Labute approximate surface area is 243 Å². The summed E-state index contributed by atoms with van der Waals surface area (Å²) < 4.78 is 28.0. The van der Waals surface area contributed by atoms with Gasteiger partial charge in [0, 0.05) is 35.4 Å². The van der Waals surface area contributed by atoms with Gasteiger partial charge in [-0.1, -0.05) is 12.1 Å². The maximum absolute atomic E-state index is 14.3. The molecule has 9 nitrogen and oxygen atoms in total. The fourth-order valence-corrected chi connectivity index (χ4v) is 5.72. The van der Waals surface area contributed by atoms with E-state index in [9.17, 15) is 9.18 Å². The number of primary amides is 1. The highest BCUT2D eigenvalue weighted by Crippen LogP contribution is 2.30. The predicted octanol–water partition coefficient (Wildman–Crippen LogP) is 4.68. The quantitative estimate of drug-likeness (QED) is 0.311. The van der Waals surface area contributed by atoms with Crippen molar-refractivity contribution in [2.24, 2.45) is 5.73 Å². The SMILES string of the molecule is N#Cc1ccc(COc2cccc(C3CCCN(Cc4nc5ccc(C(N)=O)cc5n4C[C@@H]4CCO4)CC3)n2)c(F)c1. The highest BCUT2D eigenvalue weighted by atomic mass is 19.1. The van der Waals surface area contributed by atoms with E-state index in [4.69, 9.17) is 30.4 Å². The monoisotopic (exact) mass is 568 g/mol. The van der Waals surface area contributed by atoms with Gasteiger partial charge in [-0.05, 0) is 75.2 Å². The first-order chi connectivity index (χ1) is 20.5. The van der Waals surface area contributed by atoms with Crippen molar-refractivity contribution in [3.8, 4) is 11.9 Å². The molecule has 1 unspecified atom stereocenters. The number of fused-ring (bicyclic) bond motifs is 1. The normalized spacial score (nSPS) is 19.1. The zero-order chi connectivity index (χ0) is 29.1. The number of hydrogen-bond donors (Lipinski definition) is 1. The number of hydrogen-bond acceptors (Lipinski definition) is 7. The number of nitriles is 1. The fourth-order valence-electron chi connectivity index (χ4n) is 5.72. The van der Waals surface area contributed by atoms with Crippen molar-refractivity contribution in [3.63, 3.8) is 0 Å². The van der Waals surface area contributed by atoms with Gasteiger partial charge in [0.25, 0.3) is 0 Å². The van der Waals surface area contributed by atoms with Gasteiger partial charge >= 0.3 is 0 Å². The second-order valence-electron chi connectivity index (χ2n) is 11.0. The van der Waals surface area contributed by atoms with E-state index >= 15 is 0 Å². The van der Waals surface area contributed by atoms with Gasteiger partial charge in [-0.2, -0.15) is 5.26 Å². The van der Waals surface area contributed by atoms with Crippen LogP contribution < -0.4 is 10.5 Å². The van der Waals surface area contributed by atoms with E-state index in [-0.39, 0.29) is 24.2 Å². The molecule has 2 aromatic heterocycles. The van der Waals surface area contributed by atoms with E-state index < -0.39 is 11.7 Å². The van der Waals surface area contributed by atoms with Crippen LogP contribution in [-0.2, 0) is 24.4 Å². The lowest BCUT2D eigenvalue weighted by atomic mass is 9.96. The van der Waals surface area contributed by atoms with Gasteiger partial charge in [-0.25, -0.2) is 14.4 Å². The first-order valence-corrected chi connectivity index (χ1v) is 14.4. The van der Waals surface area contributed by atoms with E-state index in [1.807, 2.05) is 30.3 Å². The molecule has 2 N–H and O–H groups in total. The summed E-state index contributed by atoms with van der Waals surface area (Å²) in [4.78, 5) is 24.0. The summed E-state index contributed by atoms with van der Waals surface area (Å²) in [5, 5.41) is 8.95. The van der Waals surface area contributed by atoms with Gasteiger partial charge in [0.2, 0.25) is 11.8 Å². The summed E-state index contributed by atoms with van der Waals surface area (Å²) >= 11 is 0. The Kier molecular flexibility index (Phi) is 8.13. The number of halogens is 1. The topological polar surface area (TPSA) is 119 Å². The van der Waals surface area contributed by atoms with Crippen LogP contribution in [0.15, 0.2) is 54.6 Å². The third-order valence-electron chi connectivity index (χ3n) is 8.20. The molecular weight excluding hydrogens is 535 g/mol. The minimum absolute atomic E-state index is 0.0419. The molecule has 2 aliphatic heterocycles. The van der Waals surface area contributed by atoms with Crippen molar-refractivity contribution in [1.29, 1.82) is 5.26 Å². The fraction of sp³-hybridized carbons (Fsp3) is 0.375. The lowest BCUT2D eigenvalue weighted by Gasteiger charge is -2.28. The highest BCUT2D eigenvalue weighted by Gasteiger charge is 2.25. The van der Waals surface area contributed by atoms with Crippen molar-refractivity contribution >= 4 is 16.9 Å². The van der Waals surface area contributed by atoms with E-state index in [2.05, 4.69) is 9.47 Å². The molecule has 4 heterocycles. The van der Waals surface area contributed by atoms with Gasteiger partial charge in [0.05, 0.1) is 41.9 Å². The van der Waals surface area contributed by atoms with Crippen LogP contribution in [0.1, 0.15) is 64.6 Å². The molecular formula is C32H33FN6O3. The number of ether oxygens (including phenoxy) is 2. The number of rotatable bonds is 9. The van der Waals surface area contributed by atoms with E-state index in [1.54, 1.807) is 24.3 Å². The van der Waals surface area contributed by atoms with Crippen LogP contribution in [0.5, 0.6) is 5.88 Å². The number of pyridine rings is 1. The third-order valence-corrected chi connectivity index (χ3v) is 8.20. The van der Waals surface area contributed by atoms with Gasteiger partial charge in [0.15, 0.2) is 0 Å². The van der Waals surface area contributed by atoms with Crippen LogP contribution in [0.4, 0.5) is 4.39 Å². The minimum atomic E-state index is -0.462. The Hall–Kier alpha value is -4.33. The Balaban J connectivity index is 1.12. The molecule has 1 amide bonds. The van der Waals surface area contributed by atoms with Crippen molar-refractivity contribution in [3.05, 3.63) is 88.6 Å². The number of benzene rings is 2.